The Morgan fingerprint density at radius 1 is 1.18 bits per heavy atom. The molecule has 1 aliphatic heterocycles. The van der Waals surface area contributed by atoms with Crippen LogP contribution in [0.15, 0.2) is 23.4 Å². The van der Waals surface area contributed by atoms with E-state index in [4.69, 9.17) is 0 Å². The highest BCUT2D eigenvalue weighted by molar-refractivity contribution is 9.09. The molecule has 5 heteroatoms. The fourth-order valence-electron chi connectivity index (χ4n) is 8.66. The van der Waals surface area contributed by atoms with E-state index in [0.717, 1.165) is 38.5 Å². The maximum atomic E-state index is 14.1. The van der Waals surface area contributed by atoms with Gasteiger partial charge in [0.25, 0.3) is 0 Å². The Morgan fingerprint density at radius 2 is 1.88 bits per heavy atom. The number of carbonyl (C=O) groups is 1. The first-order valence-electron chi connectivity index (χ1n) is 13.2. The molecular formula is C28H43BrFNO2. The molecule has 4 fully saturated rings. The number of Topliss-reactive ketones (excluding diaryl/α,β-unsaturated/α-hetero) is 1. The first-order valence-corrected chi connectivity index (χ1v) is 14.4. The molecular weight excluding hydrogens is 481 g/mol. The Hall–Kier alpha value is -0.680. The molecule has 0 radical (unpaired) electrons. The van der Waals surface area contributed by atoms with Crippen molar-refractivity contribution in [2.45, 2.75) is 97.5 Å². The van der Waals surface area contributed by atoms with E-state index >= 15 is 0 Å². The zero-order valence-electron chi connectivity index (χ0n) is 21.1. The number of hydrogen-bond acceptors (Lipinski definition) is 3. The van der Waals surface area contributed by atoms with Gasteiger partial charge in [-0.15, -0.1) is 0 Å². The van der Waals surface area contributed by atoms with Crippen molar-refractivity contribution in [3.63, 3.8) is 0 Å². The number of alkyl halides is 1. The number of halogens is 2. The second kappa shape index (κ2) is 9.76. The molecule has 0 aromatic rings. The van der Waals surface area contributed by atoms with Gasteiger partial charge in [0.1, 0.15) is 0 Å². The van der Waals surface area contributed by atoms with E-state index in [2.05, 4.69) is 65.6 Å². The van der Waals surface area contributed by atoms with E-state index in [0.29, 0.717) is 24.2 Å². The third-order valence-corrected chi connectivity index (χ3v) is 11.1. The van der Waals surface area contributed by atoms with E-state index in [-0.39, 0.29) is 16.5 Å². The fraction of sp³-hybridized carbons (Fsp3) is 0.821. The summed E-state index contributed by atoms with van der Waals surface area (Å²) in [5, 5.41) is 0.163. The van der Waals surface area contributed by atoms with Crippen LogP contribution in [-0.2, 0) is 9.74 Å². The average molecular weight is 525 g/mol. The topological polar surface area (TPSA) is 29.5 Å². The molecule has 33 heavy (non-hydrogen) atoms. The summed E-state index contributed by atoms with van der Waals surface area (Å²) < 4.78 is 14.1. The molecule has 4 aliphatic rings. The first-order chi connectivity index (χ1) is 15.8. The van der Waals surface area contributed by atoms with E-state index in [1.165, 1.54) is 38.0 Å². The van der Waals surface area contributed by atoms with Gasteiger partial charge in [0.15, 0.2) is 11.4 Å². The average Bonchev–Trinajstić information content (AvgIpc) is 3.45. The Kier molecular flexibility index (Phi) is 7.51. The lowest BCUT2D eigenvalue weighted by atomic mass is 9.47. The van der Waals surface area contributed by atoms with Crippen LogP contribution in [0.25, 0.3) is 0 Å². The number of hydrogen-bond donors (Lipinski definition) is 0. The fourth-order valence-corrected chi connectivity index (χ4v) is 9.11. The molecule has 0 N–H and O–H groups in total. The van der Waals surface area contributed by atoms with Crippen molar-refractivity contribution >= 4 is 21.7 Å². The molecule has 0 aromatic carbocycles. The first kappa shape index (κ1) is 25.4. The van der Waals surface area contributed by atoms with Crippen LogP contribution in [0.4, 0.5) is 4.53 Å². The van der Waals surface area contributed by atoms with Gasteiger partial charge in [-0.25, -0.2) is 0 Å². The minimum absolute atomic E-state index is 0.122. The molecule has 0 spiro atoms. The Bertz CT molecular complexity index is 806. The third kappa shape index (κ3) is 3.97. The van der Waals surface area contributed by atoms with E-state index < -0.39 is 11.0 Å². The lowest BCUT2D eigenvalue weighted by molar-refractivity contribution is -0.269. The van der Waals surface area contributed by atoms with Crippen LogP contribution >= 0.6 is 15.9 Å². The van der Waals surface area contributed by atoms with Gasteiger partial charge in [-0.2, -0.15) is 4.94 Å². The summed E-state index contributed by atoms with van der Waals surface area (Å²) in [6, 6.07) is 0. The Balaban J connectivity index is 1.56. The van der Waals surface area contributed by atoms with Crippen LogP contribution in [0.2, 0.25) is 0 Å². The van der Waals surface area contributed by atoms with Crippen LogP contribution in [-0.4, -0.2) is 34.7 Å². The normalized spacial score (nSPS) is 42.5. The van der Waals surface area contributed by atoms with Gasteiger partial charge in [-0.05, 0) is 106 Å². The molecule has 1 heterocycles. The predicted molar refractivity (Wildman–Crippen MR) is 136 cm³/mol. The van der Waals surface area contributed by atoms with Crippen LogP contribution in [0, 0.1) is 28.6 Å². The molecule has 3 saturated carbocycles. The summed E-state index contributed by atoms with van der Waals surface area (Å²) in [6.45, 7) is 11.5. The Labute approximate surface area is 208 Å². The zero-order chi connectivity index (χ0) is 23.9. The molecule has 0 aromatic heterocycles. The highest BCUT2D eigenvalue weighted by Crippen LogP contribution is 2.68. The predicted octanol–water partition coefficient (Wildman–Crippen LogP) is 7.56. The SMILES string of the molecule is CC=C1CCC2C(CCC3(C)C2CC[C@]3(OF)C(=O)CBr)C1(C)CC/C=C(/C)N1CCCC1. The largest absolute Gasteiger partial charge is 0.375 e. The van der Waals surface area contributed by atoms with Gasteiger partial charge < -0.3 is 4.90 Å². The van der Waals surface area contributed by atoms with Crippen molar-refractivity contribution in [2.24, 2.45) is 28.6 Å². The molecule has 3 nitrogen and oxygen atoms in total. The van der Waals surface area contributed by atoms with Crippen molar-refractivity contribution in [3.8, 4) is 0 Å². The Morgan fingerprint density at radius 3 is 2.52 bits per heavy atom. The molecule has 4 rings (SSSR count). The quantitative estimate of drug-likeness (QED) is 0.254. The van der Waals surface area contributed by atoms with Crippen LogP contribution < -0.4 is 0 Å². The summed E-state index contributed by atoms with van der Waals surface area (Å²) in [7, 11) is 0. The van der Waals surface area contributed by atoms with Crippen molar-refractivity contribution in [2.75, 3.05) is 18.4 Å². The highest BCUT2D eigenvalue weighted by Gasteiger charge is 2.67. The molecule has 6 atom stereocenters. The number of allylic oxidation sites excluding steroid dienone is 4. The molecule has 186 valence electrons. The van der Waals surface area contributed by atoms with Crippen LogP contribution in [0.3, 0.4) is 0 Å². The number of ketones is 1. The zero-order valence-corrected chi connectivity index (χ0v) is 22.7. The van der Waals surface area contributed by atoms with Gasteiger partial charge in [0, 0.05) is 24.2 Å². The van der Waals surface area contributed by atoms with Crippen molar-refractivity contribution in [3.05, 3.63) is 23.4 Å². The molecule has 0 amide bonds. The maximum absolute atomic E-state index is 14.1. The number of rotatable bonds is 7. The van der Waals surface area contributed by atoms with Crippen LogP contribution in [0.5, 0.6) is 0 Å². The smallest absolute Gasteiger partial charge is 0.179 e. The van der Waals surface area contributed by atoms with Crippen molar-refractivity contribution in [1.82, 2.24) is 4.90 Å². The standard InChI is InChI=1S/C28H43BrFNO2/c1-5-21-10-11-22-23(26(21,3)14-8-9-20(2)31-17-6-7-18-31)12-15-27(4)24(22)13-16-28(27,33-30)25(32)19-29/h5,9,22-24H,6-8,10-19H2,1-4H3/b20-9-,21-5?/t22?,23?,24?,26?,27?,28-/m0/s1. The number of likely N-dealkylation sites (tertiary alicyclic amines) is 1. The summed E-state index contributed by atoms with van der Waals surface area (Å²) in [5.74, 6) is 1.38. The van der Waals surface area contributed by atoms with Gasteiger partial charge in [0.2, 0.25) is 0 Å². The number of carbonyl (C=O) groups excluding carboxylic acids is 1. The summed E-state index contributed by atoms with van der Waals surface area (Å²) in [4.78, 5) is 20.1. The molecule has 3 aliphatic carbocycles. The van der Waals surface area contributed by atoms with Gasteiger partial charge in [-0.1, -0.05) is 47.5 Å². The third-order valence-electron chi connectivity index (χ3n) is 10.6. The lowest BCUT2D eigenvalue weighted by Gasteiger charge is -2.58. The monoisotopic (exact) mass is 523 g/mol. The van der Waals surface area contributed by atoms with E-state index in [1.54, 1.807) is 5.57 Å². The summed E-state index contributed by atoms with van der Waals surface area (Å²) in [6.07, 6.45) is 15.4. The second-order valence-corrected chi connectivity index (χ2v) is 12.2. The van der Waals surface area contributed by atoms with Gasteiger partial charge in [0.05, 0.1) is 5.33 Å². The van der Waals surface area contributed by atoms with Crippen LogP contribution in [0.1, 0.15) is 91.9 Å². The molecule has 0 bridgehead atoms. The number of fused-ring (bicyclic) bond motifs is 3. The van der Waals surface area contributed by atoms with Gasteiger partial charge >= 0.3 is 0 Å². The molecule has 5 unspecified atom stereocenters. The van der Waals surface area contributed by atoms with E-state index in [1.807, 2.05) is 0 Å². The highest BCUT2D eigenvalue weighted by atomic mass is 79.9. The second-order valence-electron chi connectivity index (χ2n) is 11.7. The summed E-state index contributed by atoms with van der Waals surface area (Å²) in [5.41, 5.74) is 1.56. The number of nitrogens with zero attached hydrogens (tertiary/aromatic N) is 1. The minimum Gasteiger partial charge on any atom is -0.375 e. The van der Waals surface area contributed by atoms with Gasteiger partial charge in [-0.3, -0.25) is 4.79 Å². The minimum atomic E-state index is -1.26. The molecule has 1 saturated heterocycles. The van der Waals surface area contributed by atoms with Crippen molar-refractivity contribution < 1.29 is 14.3 Å². The van der Waals surface area contributed by atoms with E-state index in [9.17, 15) is 9.32 Å². The summed E-state index contributed by atoms with van der Waals surface area (Å²) >= 11 is 3.30. The maximum Gasteiger partial charge on any atom is 0.179 e. The lowest BCUT2D eigenvalue weighted by Crippen LogP contribution is -2.58. The van der Waals surface area contributed by atoms with Crippen molar-refractivity contribution in [1.29, 1.82) is 0 Å².